The molecule has 0 aliphatic carbocycles. The zero-order valence-electron chi connectivity index (χ0n) is 11.5. The van der Waals surface area contributed by atoms with Gasteiger partial charge >= 0.3 is 0 Å². The number of benzene rings is 2. The Morgan fingerprint density at radius 2 is 1.70 bits per heavy atom. The summed E-state index contributed by atoms with van der Waals surface area (Å²) >= 11 is 0. The molecule has 0 heterocycles. The normalized spacial score (nSPS) is 8.50. The molecule has 0 radical (unpaired) electrons. The van der Waals surface area contributed by atoms with E-state index in [1.807, 2.05) is 13.7 Å². The fraction of sp³-hybridized carbons (Fsp3) is 0.133. The quantitative estimate of drug-likeness (QED) is 0.696. The summed E-state index contributed by atoms with van der Waals surface area (Å²) in [4.78, 5) is 8.00. The molecular weight excluding hydrogens is 258 g/mol. The van der Waals surface area contributed by atoms with Gasteiger partial charge in [0.15, 0.2) is 0 Å². The number of phenolic OH excluding ortho intramolecular Hbond substituents is 2. The van der Waals surface area contributed by atoms with Gasteiger partial charge in [-0.15, -0.1) is 0 Å². The first-order valence-corrected chi connectivity index (χ1v) is 5.69. The zero-order chi connectivity index (χ0) is 15.5. The molecule has 0 bridgehead atoms. The van der Waals surface area contributed by atoms with E-state index in [0.717, 1.165) is 5.56 Å². The molecule has 108 valence electrons. The van der Waals surface area contributed by atoms with Gasteiger partial charge in [0.25, 0.3) is 0 Å². The van der Waals surface area contributed by atoms with Crippen molar-refractivity contribution in [3.05, 3.63) is 48.0 Å². The van der Waals surface area contributed by atoms with Gasteiger partial charge in [-0.2, -0.15) is 0 Å². The standard InChI is InChI=1S/C7H9NO.C7H8O2.CH2O/c1-5-2-6(8)4-7(9)3-5;1-9-7-4-2-3-6(8)5-7;1-2/h2-4,9H,8H2,1H3;2-5,8H,1H3;1H2. The van der Waals surface area contributed by atoms with E-state index >= 15 is 0 Å². The molecule has 2 aromatic rings. The third kappa shape index (κ3) is 6.90. The number of ether oxygens (including phenoxy) is 1. The summed E-state index contributed by atoms with van der Waals surface area (Å²) in [6.45, 7) is 3.88. The van der Waals surface area contributed by atoms with Gasteiger partial charge in [0.1, 0.15) is 24.0 Å². The minimum atomic E-state index is 0.229. The molecule has 0 fully saturated rings. The topological polar surface area (TPSA) is 92.8 Å². The largest absolute Gasteiger partial charge is 0.508 e. The van der Waals surface area contributed by atoms with E-state index in [1.54, 1.807) is 43.5 Å². The number of hydrogen-bond donors (Lipinski definition) is 3. The van der Waals surface area contributed by atoms with Gasteiger partial charge in [-0.05, 0) is 36.8 Å². The van der Waals surface area contributed by atoms with Crippen LogP contribution in [0.5, 0.6) is 17.2 Å². The molecule has 4 N–H and O–H groups in total. The first kappa shape index (κ1) is 17.3. The SMILES string of the molecule is C=O.COc1cccc(O)c1.Cc1cc(N)cc(O)c1. The van der Waals surface area contributed by atoms with E-state index in [9.17, 15) is 0 Å². The Morgan fingerprint density at radius 3 is 2.10 bits per heavy atom. The Hall–Kier alpha value is -2.69. The molecule has 0 saturated carbocycles. The highest BCUT2D eigenvalue weighted by atomic mass is 16.5. The molecule has 0 amide bonds. The minimum Gasteiger partial charge on any atom is -0.508 e. The Balaban J connectivity index is 0.000000321. The summed E-state index contributed by atoms with van der Waals surface area (Å²) in [7, 11) is 1.56. The van der Waals surface area contributed by atoms with Crippen LogP contribution >= 0.6 is 0 Å². The first-order valence-electron chi connectivity index (χ1n) is 5.69. The van der Waals surface area contributed by atoms with Crippen LogP contribution in [-0.4, -0.2) is 24.1 Å². The van der Waals surface area contributed by atoms with Gasteiger partial charge in [0, 0.05) is 17.8 Å². The number of aromatic hydroxyl groups is 2. The van der Waals surface area contributed by atoms with Crippen LogP contribution in [0.1, 0.15) is 5.56 Å². The monoisotopic (exact) mass is 277 g/mol. The van der Waals surface area contributed by atoms with Crippen molar-refractivity contribution in [1.29, 1.82) is 0 Å². The molecule has 0 unspecified atom stereocenters. The van der Waals surface area contributed by atoms with Crippen molar-refractivity contribution >= 4 is 12.5 Å². The Labute approximate surface area is 118 Å². The zero-order valence-corrected chi connectivity index (χ0v) is 11.5. The third-order valence-corrected chi connectivity index (χ3v) is 2.14. The second kappa shape index (κ2) is 9.27. The van der Waals surface area contributed by atoms with Crippen molar-refractivity contribution < 1.29 is 19.7 Å². The molecular formula is C15H19NO4. The van der Waals surface area contributed by atoms with Crippen molar-refractivity contribution in [2.45, 2.75) is 6.92 Å². The van der Waals surface area contributed by atoms with Crippen molar-refractivity contribution in [2.75, 3.05) is 12.8 Å². The summed E-state index contributed by atoms with van der Waals surface area (Å²) in [5.74, 6) is 1.14. The minimum absolute atomic E-state index is 0.229. The van der Waals surface area contributed by atoms with E-state index in [1.165, 1.54) is 6.07 Å². The lowest BCUT2D eigenvalue weighted by Crippen LogP contribution is -1.83. The van der Waals surface area contributed by atoms with Crippen LogP contribution in [-0.2, 0) is 4.79 Å². The van der Waals surface area contributed by atoms with Crippen LogP contribution in [0.15, 0.2) is 42.5 Å². The third-order valence-electron chi connectivity index (χ3n) is 2.14. The first-order chi connectivity index (χ1) is 9.51. The predicted molar refractivity (Wildman–Crippen MR) is 79.0 cm³/mol. The molecule has 0 saturated heterocycles. The number of nitrogens with two attached hydrogens (primary N) is 1. The highest BCUT2D eigenvalue weighted by Gasteiger charge is 1.90. The number of phenols is 2. The number of hydrogen-bond acceptors (Lipinski definition) is 5. The molecule has 20 heavy (non-hydrogen) atoms. The van der Waals surface area contributed by atoms with Crippen LogP contribution in [0, 0.1) is 6.92 Å². The Kier molecular flexibility index (Phi) is 8.02. The van der Waals surface area contributed by atoms with Crippen LogP contribution in [0.4, 0.5) is 5.69 Å². The summed E-state index contributed by atoms with van der Waals surface area (Å²) in [6, 6.07) is 11.7. The van der Waals surface area contributed by atoms with E-state index in [4.69, 9.17) is 25.5 Å². The van der Waals surface area contributed by atoms with E-state index in [2.05, 4.69) is 0 Å². The number of aryl methyl sites for hydroxylation is 1. The van der Waals surface area contributed by atoms with Crippen LogP contribution in [0.3, 0.4) is 0 Å². The van der Waals surface area contributed by atoms with E-state index < -0.39 is 0 Å². The number of rotatable bonds is 1. The summed E-state index contributed by atoms with van der Waals surface area (Å²) < 4.78 is 4.84. The van der Waals surface area contributed by atoms with Crippen molar-refractivity contribution in [2.24, 2.45) is 0 Å². The van der Waals surface area contributed by atoms with Crippen LogP contribution in [0.25, 0.3) is 0 Å². The van der Waals surface area contributed by atoms with Gasteiger partial charge in [-0.3, -0.25) is 0 Å². The lowest BCUT2D eigenvalue weighted by Gasteiger charge is -1.97. The second-order valence-electron chi connectivity index (χ2n) is 3.80. The number of anilines is 1. The van der Waals surface area contributed by atoms with Gasteiger partial charge < -0.3 is 25.5 Å². The van der Waals surface area contributed by atoms with E-state index in [0.29, 0.717) is 11.4 Å². The molecule has 0 aromatic heterocycles. The maximum absolute atomic E-state index is 8.91. The van der Waals surface area contributed by atoms with Gasteiger partial charge in [-0.25, -0.2) is 0 Å². The number of carbonyl (C=O) groups excluding carboxylic acids is 1. The number of methoxy groups -OCH3 is 1. The molecule has 0 atom stereocenters. The van der Waals surface area contributed by atoms with Crippen molar-refractivity contribution in [1.82, 2.24) is 0 Å². The molecule has 0 spiro atoms. The molecule has 0 aliphatic rings. The Morgan fingerprint density at radius 1 is 1.05 bits per heavy atom. The summed E-state index contributed by atoms with van der Waals surface area (Å²) in [6.07, 6.45) is 0. The average Bonchev–Trinajstić information content (AvgIpc) is 2.40. The van der Waals surface area contributed by atoms with Crippen molar-refractivity contribution in [3.8, 4) is 17.2 Å². The van der Waals surface area contributed by atoms with E-state index in [-0.39, 0.29) is 11.5 Å². The second-order valence-corrected chi connectivity index (χ2v) is 3.80. The molecule has 2 aromatic carbocycles. The highest BCUT2D eigenvalue weighted by Crippen LogP contribution is 2.16. The van der Waals surface area contributed by atoms with Crippen LogP contribution < -0.4 is 10.5 Å². The smallest absolute Gasteiger partial charge is 0.122 e. The summed E-state index contributed by atoms with van der Waals surface area (Å²) in [5, 5.41) is 17.8. The highest BCUT2D eigenvalue weighted by molar-refractivity contribution is 5.46. The predicted octanol–water partition coefficient (Wildman–Crippen LogP) is 2.50. The molecule has 5 heteroatoms. The van der Waals surface area contributed by atoms with Gasteiger partial charge in [0.05, 0.1) is 7.11 Å². The fourth-order valence-electron chi connectivity index (χ4n) is 1.40. The van der Waals surface area contributed by atoms with Gasteiger partial charge in [0.2, 0.25) is 0 Å². The summed E-state index contributed by atoms with van der Waals surface area (Å²) in [5.41, 5.74) is 6.98. The lowest BCUT2D eigenvalue weighted by atomic mass is 10.2. The average molecular weight is 277 g/mol. The maximum atomic E-state index is 8.91. The number of nitrogen functional groups attached to an aromatic ring is 1. The molecule has 5 nitrogen and oxygen atoms in total. The molecule has 2 rings (SSSR count). The number of carbonyl (C=O) groups is 1. The van der Waals surface area contributed by atoms with Gasteiger partial charge in [-0.1, -0.05) is 6.07 Å². The maximum Gasteiger partial charge on any atom is 0.122 e. The van der Waals surface area contributed by atoms with Crippen molar-refractivity contribution in [3.63, 3.8) is 0 Å². The Bertz CT molecular complexity index is 479. The molecule has 0 aliphatic heterocycles. The fourth-order valence-corrected chi connectivity index (χ4v) is 1.40. The van der Waals surface area contributed by atoms with Crippen LogP contribution in [0.2, 0.25) is 0 Å². The lowest BCUT2D eigenvalue weighted by molar-refractivity contribution is -0.0979.